The van der Waals surface area contributed by atoms with Gasteiger partial charge in [-0.25, -0.2) is 0 Å². The van der Waals surface area contributed by atoms with Gasteiger partial charge in [-0.05, 0) is 59.7 Å². The maximum Gasteiger partial charge on any atom is 0.261 e. The van der Waals surface area contributed by atoms with Crippen LogP contribution in [-0.4, -0.2) is 0 Å². The molecule has 47 heavy (non-hydrogen) atoms. The third-order valence-electron chi connectivity index (χ3n) is 8.45. The molecule has 0 saturated heterocycles. The van der Waals surface area contributed by atoms with Crippen LogP contribution < -0.4 is 21.2 Å². The highest BCUT2D eigenvalue weighted by Crippen LogP contribution is 2.60. The Bertz CT molecular complexity index is 1720. The zero-order valence-electron chi connectivity index (χ0n) is 26.5. The lowest BCUT2D eigenvalue weighted by atomic mass is 9.75. The molecule has 0 amide bonds. The molecule has 6 aromatic rings. The Morgan fingerprint density at radius 3 is 0.830 bits per heavy atom. The van der Waals surface area contributed by atoms with Gasteiger partial charge in [-0.15, -0.1) is 0 Å². The van der Waals surface area contributed by atoms with Crippen LogP contribution in [0.15, 0.2) is 182 Å². The summed E-state index contributed by atoms with van der Waals surface area (Å²) < 4.78 is 45.0. The van der Waals surface area contributed by atoms with E-state index in [4.69, 9.17) is 9.05 Å². The van der Waals surface area contributed by atoms with E-state index in [1.165, 1.54) is 0 Å². The van der Waals surface area contributed by atoms with Crippen molar-refractivity contribution in [2.24, 2.45) is 5.41 Å². The van der Waals surface area contributed by atoms with E-state index < -0.39 is 32.4 Å². The summed E-state index contributed by atoms with van der Waals surface area (Å²) in [5.74, 6) is 0. The SMILES string of the molecule is CC(C)(C(OP(=O)(c1ccccc1)c1ccccc1)c1ccccc1)C(OP(=O)(c1ccccc1)c1ccccc1)c1ccccc1. The second-order valence-corrected chi connectivity index (χ2v) is 16.8. The molecular weight excluding hydrogens is 618 g/mol. The minimum atomic E-state index is -3.67. The highest BCUT2D eigenvalue weighted by Gasteiger charge is 2.48. The smallest absolute Gasteiger partial charge is 0.261 e. The molecule has 0 saturated carbocycles. The first-order valence-corrected chi connectivity index (χ1v) is 19.0. The lowest BCUT2D eigenvalue weighted by molar-refractivity contribution is -0.0191. The Hall–Kier alpha value is -4.30. The standard InChI is InChI=1S/C41H38O4P2/c1-41(2,39(33-21-9-3-10-22-33)44-46(42,35-25-13-5-14-26-35)36-27-15-6-16-28-36)40(34-23-11-4-12-24-34)45-47(43,37-29-17-7-18-30-37)38-31-19-8-20-32-38/h3-32,39-40H,1-2H3. The molecule has 6 rings (SSSR count). The van der Waals surface area contributed by atoms with Crippen LogP contribution in [0.4, 0.5) is 0 Å². The van der Waals surface area contributed by atoms with E-state index in [1.807, 2.05) is 196 Å². The summed E-state index contributed by atoms with van der Waals surface area (Å²) in [6.07, 6.45) is -1.50. The third-order valence-corrected chi connectivity index (χ3v) is 13.4. The molecule has 2 unspecified atom stereocenters. The predicted octanol–water partition coefficient (Wildman–Crippen LogP) is 9.39. The van der Waals surface area contributed by atoms with Crippen LogP contribution in [0.5, 0.6) is 0 Å². The lowest BCUT2D eigenvalue weighted by Gasteiger charge is -2.43. The minimum absolute atomic E-state index is 0.597. The molecule has 0 aliphatic carbocycles. The third kappa shape index (κ3) is 6.89. The Kier molecular flexibility index (Phi) is 9.87. The molecule has 0 radical (unpaired) electrons. The van der Waals surface area contributed by atoms with E-state index >= 15 is 9.13 Å². The predicted molar refractivity (Wildman–Crippen MR) is 194 cm³/mol. The monoisotopic (exact) mass is 656 g/mol. The molecule has 6 heteroatoms. The molecule has 4 nitrogen and oxygen atoms in total. The van der Waals surface area contributed by atoms with Gasteiger partial charge >= 0.3 is 0 Å². The second kappa shape index (κ2) is 14.2. The molecule has 6 aromatic carbocycles. The summed E-state index contributed by atoms with van der Waals surface area (Å²) in [5.41, 5.74) is 0.757. The van der Waals surface area contributed by atoms with Crippen molar-refractivity contribution >= 4 is 36.0 Å². The summed E-state index contributed by atoms with van der Waals surface area (Å²) in [7, 11) is -7.33. The molecule has 0 aliphatic heterocycles. The van der Waals surface area contributed by atoms with Gasteiger partial charge in [0.1, 0.15) is 0 Å². The summed E-state index contributed by atoms with van der Waals surface area (Å²) in [4.78, 5) is 0. The molecule has 0 heterocycles. The molecule has 0 fully saturated rings. The number of hydrogen-bond acceptors (Lipinski definition) is 4. The van der Waals surface area contributed by atoms with Crippen molar-refractivity contribution in [1.29, 1.82) is 0 Å². The van der Waals surface area contributed by atoms with Crippen molar-refractivity contribution in [1.82, 2.24) is 0 Å². The summed E-state index contributed by atoms with van der Waals surface area (Å²) in [6.45, 7) is 4.09. The summed E-state index contributed by atoms with van der Waals surface area (Å²) in [5, 5.41) is 2.39. The number of hydrogen-bond donors (Lipinski definition) is 0. The van der Waals surface area contributed by atoms with E-state index in [0.717, 1.165) is 11.1 Å². The molecular formula is C41H38O4P2. The Morgan fingerprint density at radius 1 is 0.383 bits per heavy atom. The van der Waals surface area contributed by atoms with Gasteiger partial charge in [0.25, 0.3) is 14.7 Å². The zero-order valence-corrected chi connectivity index (χ0v) is 28.3. The van der Waals surface area contributed by atoms with Crippen LogP contribution in [0.3, 0.4) is 0 Å². The van der Waals surface area contributed by atoms with Gasteiger partial charge in [-0.2, -0.15) is 0 Å². The Morgan fingerprint density at radius 2 is 0.596 bits per heavy atom. The average Bonchev–Trinajstić information content (AvgIpc) is 3.14. The topological polar surface area (TPSA) is 52.6 Å². The van der Waals surface area contributed by atoms with E-state index in [0.29, 0.717) is 21.2 Å². The van der Waals surface area contributed by atoms with Crippen LogP contribution in [0.25, 0.3) is 0 Å². The van der Waals surface area contributed by atoms with Gasteiger partial charge in [-0.3, -0.25) is 9.13 Å². The average molecular weight is 657 g/mol. The maximum atomic E-state index is 15.4. The zero-order chi connectivity index (χ0) is 32.7. The normalized spacial score (nSPS) is 13.5. The molecule has 0 bridgehead atoms. The van der Waals surface area contributed by atoms with Gasteiger partial charge in [-0.1, -0.05) is 147 Å². The quantitative estimate of drug-likeness (QED) is 0.123. The van der Waals surface area contributed by atoms with Crippen molar-refractivity contribution in [3.05, 3.63) is 193 Å². The first kappa shape index (κ1) is 32.6. The fourth-order valence-corrected chi connectivity index (χ4v) is 10.7. The van der Waals surface area contributed by atoms with Crippen LogP contribution in [0.2, 0.25) is 0 Å². The summed E-state index contributed by atoms with van der Waals surface area (Å²) in [6, 6.07) is 57.1. The molecule has 2 atom stereocenters. The van der Waals surface area contributed by atoms with Gasteiger partial charge in [0.15, 0.2) is 0 Å². The highest BCUT2D eigenvalue weighted by atomic mass is 31.2. The summed E-state index contributed by atoms with van der Waals surface area (Å²) >= 11 is 0. The van der Waals surface area contributed by atoms with Crippen molar-refractivity contribution in [3.63, 3.8) is 0 Å². The second-order valence-electron chi connectivity index (χ2n) is 12.1. The molecule has 0 aromatic heterocycles. The molecule has 236 valence electrons. The number of benzene rings is 6. The van der Waals surface area contributed by atoms with E-state index in [1.54, 1.807) is 0 Å². The van der Waals surface area contributed by atoms with Crippen molar-refractivity contribution in [3.8, 4) is 0 Å². The van der Waals surface area contributed by atoms with Gasteiger partial charge in [0.05, 0.1) is 12.2 Å². The maximum absolute atomic E-state index is 15.4. The van der Waals surface area contributed by atoms with Crippen LogP contribution in [0, 0.1) is 5.41 Å². The number of rotatable bonds is 12. The van der Waals surface area contributed by atoms with E-state index in [2.05, 4.69) is 0 Å². The lowest BCUT2D eigenvalue weighted by Crippen LogP contribution is -2.35. The first-order chi connectivity index (χ1) is 22.8. The minimum Gasteiger partial charge on any atom is -0.313 e. The fraction of sp³-hybridized carbons (Fsp3) is 0.122. The first-order valence-electron chi connectivity index (χ1n) is 15.7. The van der Waals surface area contributed by atoms with Gasteiger partial charge in [0, 0.05) is 26.6 Å². The largest absolute Gasteiger partial charge is 0.313 e. The molecule has 0 aliphatic rings. The van der Waals surface area contributed by atoms with Gasteiger partial charge < -0.3 is 9.05 Å². The van der Waals surface area contributed by atoms with Crippen molar-refractivity contribution in [2.75, 3.05) is 0 Å². The van der Waals surface area contributed by atoms with Crippen LogP contribution >= 0.6 is 14.7 Å². The Labute approximate surface area is 278 Å². The highest BCUT2D eigenvalue weighted by molar-refractivity contribution is 7.74. The van der Waals surface area contributed by atoms with Gasteiger partial charge in [0.2, 0.25) is 0 Å². The van der Waals surface area contributed by atoms with Crippen LogP contribution in [-0.2, 0) is 18.2 Å². The van der Waals surface area contributed by atoms with Crippen molar-refractivity contribution < 1.29 is 18.2 Å². The van der Waals surface area contributed by atoms with Crippen LogP contribution in [0.1, 0.15) is 37.2 Å². The Balaban J connectivity index is 1.54. The molecule has 0 N–H and O–H groups in total. The fourth-order valence-electron chi connectivity index (χ4n) is 5.98. The van der Waals surface area contributed by atoms with E-state index in [-0.39, 0.29) is 0 Å². The van der Waals surface area contributed by atoms with Crippen molar-refractivity contribution in [2.45, 2.75) is 26.1 Å². The van der Waals surface area contributed by atoms with E-state index in [9.17, 15) is 0 Å². The molecule has 0 spiro atoms.